The largest absolute Gasteiger partial charge is 0.335 e. The molecule has 0 unspecified atom stereocenters. The van der Waals surface area contributed by atoms with Gasteiger partial charge in [0.15, 0.2) is 0 Å². The van der Waals surface area contributed by atoms with Gasteiger partial charge in [0.1, 0.15) is 10.8 Å². The van der Waals surface area contributed by atoms with Crippen molar-refractivity contribution in [2.75, 3.05) is 0 Å². The Morgan fingerprint density at radius 1 is 1.29 bits per heavy atom. The third kappa shape index (κ3) is 2.45. The Morgan fingerprint density at radius 3 is 2.48 bits per heavy atom. The molecule has 21 heavy (non-hydrogen) atoms. The van der Waals surface area contributed by atoms with Gasteiger partial charge in [0, 0.05) is 30.9 Å². The van der Waals surface area contributed by atoms with Crippen LogP contribution < -0.4 is 11.2 Å². The highest BCUT2D eigenvalue weighted by Crippen LogP contribution is 2.28. The van der Waals surface area contributed by atoms with Gasteiger partial charge in [-0.1, -0.05) is 11.6 Å². The van der Waals surface area contributed by atoms with Crippen LogP contribution in [0.15, 0.2) is 27.8 Å². The van der Waals surface area contributed by atoms with Crippen molar-refractivity contribution in [3.05, 3.63) is 65.7 Å². The molecule has 1 aromatic carbocycles. The molecule has 0 aliphatic carbocycles. The van der Waals surface area contributed by atoms with Crippen molar-refractivity contribution >= 4 is 17.3 Å². The Balaban J connectivity index is 2.89. The van der Waals surface area contributed by atoms with Crippen molar-refractivity contribution < 1.29 is 9.31 Å². The fraction of sp³-hybridized carbons (Fsp3) is 0.167. The van der Waals surface area contributed by atoms with Gasteiger partial charge in [0.25, 0.3) is 11.2 Å². The lowest BCUT2D eigenvalue weighted by atomic mass is 10.2. The minimum Gasteiger partial charge on any atom is -0.301 e. The summed E-state index contributed by atoms with van der Waals surface area (Å²) in [4.78, 5) is 34.0. The van der Waals surface area contributed by atoms with Crippen molar-refractivity contribution in [2.45, 2.75) is 6.92 Å². The predicted molar refractivity (Wildman–Crippen MR) is 73.6 cm³/mol. The zero-order chi connectivity index (χ0) is 15.9. The van der Waals surface area contributed by atoms with E-state index < -0.39 is 38.4 Å². The molecule has 9 heteroatoms. The first-order valence-electron chi connectivity index (χ1n) is 5.67. The number of rotatable bonds is 2. The molecule has 2 rings (SSSR count). The number of nitrogens with zero attached hydrogens (tertiary/aromatic N) is 3. The average Bonchev–Trinajstić information content (AvgIpc) is 2.38. The number of aromatic nitrogens is 2. The van der Waals surface area contributed by atoms with E-state index in [1.54, 1.807) is 0 Å². The third-order valence-electron chi connectivity index (χ3n) is 3.01. The molecule has 0 saturated heterocycles. The fourth-order valence-electron chi connectivity index (χ4n) is 1.79. The SMILES string of the molecule is Cc1cc(=O)n(-c2cc([N+](=O)[O-])c(Cl)cc2F)c(=O)n1C. The molecule has 110 valence electrons. The van der Waals surface area contributed by atoms with E-state index in [-0.39, 0.29) is 0 Å². The summed E-state index contributed by atoms with van der Waals surface area (Å²) in [7, 11) is 1.40. The van der Waals surface area contributed by atoms with Crippen LogP contribution in [0.4, 0.5) is 10.1 Å². The molecule has 1 aromatic heterocycles. The summed E-state index contributed by atoms with van der Waals surface area (Å²) in [5.74, 6) is -1.01. The number of hydrogen-bond acceptors (Lipinski definition) is 4. The maximum atomic E-state index is 14.0. The Bertz CT molecular complexity index is 872. The Morgan fingerprint density at radius 2 is 1.90 bits per heavy atom. The molecular formula is C12H9ClFN3O4. The number of aryl methyl sites for hydroxylation is 1. The standard InChI is InChI=1S/C12H9ClFN3O4/c1-6-3-11(18)16(12(19)15(6)2)10-5-9(17(20)21)7(13)4-8(10)14/h3-5H,1-2H3. The molecule has 0 aliphatic heterocycles. The van der Waals surface area contributed by atoms with Crippen LogP contribution >= 0.6 is 11.6 Å². The van der Waals surface area contributed by atoms with E-state index in [0.717, 1.165) is 16.7 Å². The average molecular weight is 314 g/mol. The van der Waals surface area contributed by atoms with E-state index in [1.165, 1.54) is 14.0 Å². The normalized spacial score (nSPS) is 10.7. The van der Waals surface area contributed by atoms with Gasteiger partial charge in [0.05, 0.1) is 10.6 Å². The summed E-state index contributed by atoms with van der Waals surface area (Å²) in [6.45, 7) is 1.54. The van der Waals surface area contributed by atoms with Gasteiger partial charge in [-0.05, 0) is 6.92 Å². The van der Waals surface area contributed by atoms with E-state index in [2.05, 4.69) is 0 Å². The van der Waals surface area contributed by atoms with Crippen LogP contribution in [0.5, 0.6) is 0 Å². The van der Waals surface area contributed by atoms with Gasteiger partial charge >= 0.3 is 5.69 Å². The first kappa shape index (κ1) is 14.9. The Kier molecular flexibility index (Phi) is 3.65. The van der Waals surface area contributed by atoms with Crippen LogP contribution in [-0.4, -0.2) is 14.1 Å². The quantitative estimate of drug-likeness (QED) is 0.621. The van der Waals surface area contributed by atoms with E-state index >= 15 is 0 Å². The fourth-order valence-corrected chi connectivity index (χ4v) is 2.01. The lowest BCUT2D eigenvalue weighted by molar-refractivity contribution is -0.384. The smallest absolute Gasteiger partial charge is 0.301 e. The molecule has 0 amide bonds. The van der Waals surface area contributed by atoms with Crippen LogP contribution in [0.25, 0.3) is 5.69 Å². The molecule has 0 saturated carbocycles. The van der Waals surface area contributed by atoms with Gasteiger partial charge in [0.2, 0.25) is 0 Å². The number of benzene rings is 1. The molecule has 2 aromatic rings. The van der Waals surface area contributed by atoms with Crippen LogP contribution in [-0.2, 0) is 7.05 Å². The molecule has 0 spiro atoms. The molecule has 7 nitrogen and oxygen atoms in total. The second-order valence-electron chi connectivity index (χ2n) is 4.31. The van der Waals surface area contributed by atoms with Gasteiger partial charge < -0.3 is 4.57 Å². The molecule has 0 aliphatic rings. The van der Waals surface area contributed by atoms with E-state index in [0.29, 0.717) is 16.3 Å². The zero-order valence-corrected chi connectivity index (χ0v) is 11.7. The lowest BCUT2D eigenvalue weighted by Gasteiger charge is -2.10. The van der Waals surface area contributed by atoms with Gasteiger partial charge in [-0.15, -0.1) is 0 Å². The van der Waals surface area contributed by atoms with Crippen molar-refractivity contribution in [1.82, 2.24) is 9.13 Å². The first-order valence-corrected chi connectivity index (χ1v) is 6.05. The highest BCUT2D eigenvalue weighted by Gasteiger charge is 2.20. The van der Waals surface area contributed by atoms with Crippen molar-refractivity contribution in [3.8, 4) is 5.69 Å². The van der Waals surface area contributed by atoms with Gasteiger partial charge in [-0.2, -0.15) is 0 Å². The highest BCUT2D eigenvalue weighted by atomic mass is 35.5. The maximum Gasteiger partial charge on any atom is 0.335 e. The molecule has 0 bridgehead atoms. The first-order chi connectivity index (χ1) is 9.73. The number of nitro benzene ring substituents is 1. The second-order valence-corrected chi connectivity index (χ2v) is 4.72. The van der Waals surface area contributed by atoms with Crippen LogP contribution in [0, 0.1) is 22.9 Å². The number of nitro groups is 1. The van der Waals surface area contributed by atoms with E-state index in [9.17, 15) is 24.1 Å². The predicted octanol–water partition coefficient (Wildman–Crippen LogP) is 1.55. The third-order valence-corrected chi connectivity index (χ3v) is 3.32. The topological polar surface area (TPSA) is 87.1 Å². The monoisotopic (exact) mass is 313 g/mol. The number of hydrogen-bond donors (Lipinski definition) is 0. The van der Waals surface area contributed by atoms with Gasteiger partial charge in [-0.3, -0.25) is 14.9 Å². The second kappa shape index (κ2) is 5.13. The molecule has 0 N–H and O–H groups in total. The maximum absolute atomic E-state index is 14.0. The minimum absolute atomic E-state index is 0.380. The summed E-state index contributed by atoms with van der Waals surface area (Å²) in [6.07, 6.45) is 0. The summed E-state index contributed by atoms with van der Waals surface area (Å²) < 4.78 is 15.6. The minimum atomic E-state index is -1.01. The Hall–Kier alpha value is -2.48. The van der Waals surface area contributed by atoms with E-state index in [1.807, 2.05) is 0 Å². The summed E-state index contributed by atoms with van der Waals surface area (Å²) >= 11 is 5.57. The highest BCUT2D eigenvalue weighted by molar-refractivity contribution is 6.32. The summed E-state index contributed by atoms with van der Waals surface area (Å²) in [6, 6.07) is 2.58. The van der Waals surface area contributed by atoms with Crippen LogP contribution in [0.1, 0.15) is 5.69 Å². The molecule has 0 fully saturated rings. The van der Waals surface area contributed by atoms with Crippen LogP contribution in [0.2, 0.25) is 5.02 Å². The van der Waals surface area contributed by atoms with Crippen molar-refractivity contribution in [2.24, 2.45) is 7.05 Å². The number of halogens is 2. The molecule has 0 radical (unpaired) electrons. The van der Waals surface area contributed by atoms with Crippen molar-refractivity contribution in [1.29, 1.82) is 0 Å². The van der Waals surface area contributed by atoms with E-state index in [4.69, 9.17) is 11.6 Å². The Labute approximate surface area is 122 Å². The van der Waals surface area contributed by atoms with Crippen molar-refractivity contribution in [3.63, 3.8) is 0 Å². The van der Waals surface area contributed by atoms with Gasteiger partial charge in [-0.25, -0.2) is 13.8 Å². The zero-order valence-electron chi connectivity index (χ0n) is 11.0. The van der Waals surface area contributed by atoms with Crippen LogP contribution in [0.3, 0.4) is 0 Å². The lowest BCUT2D eigenvalue weighted by Crippen LogP contribution is -2.38. The molecule has 1 heterocycles. The summed E-state index contributed by atoms with van der Waals surface area (Å²) in [5.41, 5.74) is -2.33. The summed E-state index contributed by atoms with van der Waals surface area (Å²) in [5, 5.41) is 10.4. The molecular weight excluding hydrogens is 305 g/mol. The molecule has 0 atom stereocenters.